The molecule has 2 nitrogen and oxygen atoms in total. The van der Waals surface area contributed by atoms with Gasteiger partial charge in [0.25, 0.3) is 0 Å². The molecular weight excluding hydrogens is 210 g/mol. The van der Waals surface area contributed by atoms with Crippen LogP contribution in [-0.4, -0.2) is 18.8 Å². The fraction of sp³-hybridized carbons (Fsp3) is 0.500. The molecule has 82 valence electrons. The highest BCUT2D eigenvalue weighted by atomic mass is 35.5. The second-order valence-electron chi connectivity index (χ2n) is 4.34. The lowest BCUT2D eigenvalue weighted by molar-refractivity contribution is 0.171. The summed E-state index contributed by atoms with van der Waals surface area (Å²) in [6.07, 6.45) is 1.08. The first-order chi connectivity index (χ1) is 7.18. The van der Waals surface area contributed by atoms with Gasteiger partial charge in [0, 0.05) is 23.7 Å². The van der Waals surface area contributed by atoms with Crippen LogP contribution in [0.4, 0.5) is 0 Å². The molecule has 1 aliphatic heterocycles. The zero-order valence-electron chi connectivity index (χ0n) is 8.92. The Labute approximate surface area is 95.6 Å². The topological polar surface area (TPSA) is 21.3 Å². The molecule has 0 saturated carbocycles. The van der Waals surface area contributed by atoms with Gasteiger partial charge in [0.05, 0.1) is 6.61 Å². The Morgan fingerprint density at radius 2 is 2.13 bits per heavy atom. The molecule has 0 aliphatic carbocycles. The van der Waals surface area contributed by atoms with Crippen molar-refractivity contribution in [1.82, 2.24) is 5.32 Å². The van der Waals surface area contributed by atoms with E-state index in [0.717, 1.165) is 31.2 Å². The first kappa shape index (κ1) is 10.9. The number of benzene rings is 1. The number of hydrogen-bond acceptors (Lipinski definition) is 2. The van der Waals surface area contributed by atoms with Gasteiger partial charge >= 0.3 is 0 Å². The normalized spacial score (nSPS) is 25.7. The standard InChI is InChI=1S/C12H16ClNO/c1-12(6-7-15-9-12)14-8-10-2-4-11(13)5-3-10/h2-5,14H,6-9H2,1H3. The van der Waals surface area contributed by atoms with Crippen molar-refractivity contribution >= 4 is 11.6 Å². The van der Waals surface area contributed by atoms with Gasteiger partial charge in [-0.15, -0.1) is 0 Å². The van der Waals surface area contributed by atoms with Gasteiger partial charge in [-0.25, -0.2) is 0 Å². The van der Waals surface area contributed by atoms with E-state index in [2.05, 4.69) is 24.4 Å². The minimum atomic E-state index is 0.139. The smallest absolute Gasteiger partial charge is 0.0646 e. The fourth-order valence-corrected chi connectivity index (χ4v) is 1.85. The predicted molar refractivity (Wildman–Crippen MR) is 62.1 cm³/mol. The SMILES string of the molecule is CC1(NCc2ccc(Cl)cc2)CCOC1. The molecule has 1 fully saturated rings. The molecule has 1 aromatic rings. The van der Waals surface area contributed by atoms with Crippen LogP contribution >= 0.6 is 11.6 Å². The summed E-state index contributed by atoms with van der Waals surface area (Å²) in [6, 6.07) is 7.95. The van der Waals surface area contributed by atoms with E-state index in [1.165, 1.54) is 5.56 Å². The summed E-state index contributed by atoms with van der Waals surface area (Å²) in [5.41, 5.74) is 1.40. The molecule has 1 atom stereocenters. The molecule has 0 spiro atoms. The molecule has 1 aliphatic rings. The summed E-state index contributed by atoms with van der Waals surface area (Å²) < 4.78 is 5.38. The third-order valence-electron chi connectivity index (χ3n) is 2.85. The number of hydrogen-bond donors (Lipinski definition) is 1. The summed E-state index contributed by atoms with van der Waals surface area (Å²) in [6.45, 7) is 4.75. The minimum absolute atomic E-state index is 0.139. The van der Waals surface area contributed by atoms with Crippen molar-refractivity contribution in [3.63, 3.8) is 0 Å². The van der Waals surface area contributed by atoms with Crippen LogP contribution in [0.15, 0.2) is 24.3 Å². The van der Waals surface area contributed by atoms with Crippen LogP contribution < -0.4 is 5.32 Å². The highest BCUT2D eigenvalue weighted by Gasteiger charge is 2.28. The molecule has 15 heavy (non-hydrogen) atoms. The van der Waals surface area contributed by atoms with Gasteiger partial charge in [-0.3, -0.25) is 0 Å². The highest BCUT2D eigenvalue weighted by molar-refractivity contribution is 6.30. The first-order valence-electron chi connectivity index (χ1n) is 5.25. The van der Waals surface area contributed by atoms with Gasteiger partial charge < -0.3 is 10.1 Å². The summed E-state index contributed by atoms with van der Waals surface area (Å²) in [4.78, 5) is 0. The van der Waals surface area contributed by atoms with Crippen molar-refractivity contribution < 1.29 is 4.74 Å². The van der Waals surface area contributed by atoms with E-state index in [4.69, 9.17) is 16.3 Å². The zero-order valence-corrected chi connectivity index (χ0v) is 9.68. The molecule has 1 N–H and O–H groups in total. The van der Waals surface area contributed by atoms with Crippen molar-refractivity contribution in [2.75, 3.05) is 13.2 Å². The Bertz CT molecular complexity index is 317. The van der Waals surface area contributed by atoms with Gasteiger partial charge in [0.15, 0.2) is 0 Å². The third kappa shape index (κ3) is 2.94. The van der Waals surface area contributed by atoms with Gasteiger partial charge in [0.2, 0.25) is 0 Å². The molecule has 2 rings (SSSR count). The van der Waals surface area contributed by atoms with Gasteiger partial charge in [0.1, 0.15) is 0 Å². The van der Waals surface area contributed by atoms with E-state index >= 15 is 0 Å². The Morgan fingerprint density at radius 1 is 1.40 bits per heavy atom. The maximum Gasteiger partial charge on any atom is 0.0646 e. The van der Waals surface area contributed by atoms with E-state index in [1.807, 2.05) is 12.1 Å². The summed E-state index contributed by atoms with van der Waals surface area (Å²) in [5.74, 6) is 0. The van der Waals surface area contributed by atoms with Crippen LogP contribution in [0.5, 0.6) is 0 Å². The average molecular weight is 226 g/mol. The largest absolute Gasteiger partial charge is 0.379 e. The maximum absolute atomic E-state index is 5.83. The van der Waals surface area contributed by atoms with E-state index < -0.39 is 0 Å². The fourth-order valence-electron chi connectivity index (χ4n) is 1.72. The van der Waals surface area contributed by atoms with Crippen molar-refractivity contribution in [2.24, 2.45) is 0 Å². The monoisotopic (exact) mass is 225 g/mol. The molecule has 0 aromatic heterocycles. The van der Waals surface area contributed by atoms with Crippen LogP contribution in [0.2, 0.25) is 5.02 Å². The van der Waals surface area contributed by atoms with Crippen molar-refractivity contribution in [3.8, 4) is 0 Å². The van der Waals surface area contributed by atoms with Crippen LogP contribution in [0.1, 0.15) is 18.9 Å². The first-order valence-corrected chi connectivity index (χ1v) is 5.63. The number of ether oxygens (including phenoxy) is 1. The van der Waals surface area contributed by atoms with E-state index in [-0.39, 0.29) is 5.54 Å². The Balaban J connectivity index is 1.90. The number of nitrogens with one attached hydrogen (secondary N) is 1. The Hall–Kier alpha value is -0.570. The summed E-state index contributed by atoms with van der Waals surface area (Å²) >= 11 is 5.83. The molecular formula is C12H16ClNO. The Morgan fingerprint density at radius 3 is 2.73 bits per heavy atom. The molecule has 1 saturated heterocycles. The second-order valence-corrected chi connectivity index (χ2v) is 4.78. The summed E-state index contributed by atoms with van der Waals surface area (Å²) in [7, 11) is 0. The predicted octanol–water partition coefficient (Wildman–Crippen LogP) is 2.61. The molecule has 1 aromatic carbocycles. The van der Waals surface area contributed by atoms with Crippen LogP contribution in [0.3, 0.4) is 0 Å². The average Bonchev–Trinajstić information content (AvgIpc) is 2.65. The lowest BCUT2D eigenvalue weighted by Gasteiger charge is -2.23. The maximum atomic E-state index is 5.83. The van der Waals surface area contributed by atoms with E-state index in [0.29, 0.717) is 0 Å². The molecule has 3 heteroatoms. The van der Waals surface area contributed by atoms with Gasteiger partial charge in [-0.05, 0) is 31.0 Å². The van der Waals surface area contributed by atoms with Gasteiger partial charge in [-0.1, -0.05) is 23.7 Å². The molecule has 0 bridgehead atoms. The highest BCUT2D eigenvalue weighted by Crippen LogP contribution is 2.18. The van der Waals surface area contributed by atoms with Gasteiger partial charge in [-0.2, -0.15) is 0 Å². The van der Waals surface area contributed by atoms with Crippen LogP contribution in [-0.2, 0) is 11.3 Å². The second kappa shape index (κ2) is 4.52. The van der Waals surface area contributed by atoms with E-state index in [9.17, 15) is 0 Å². The van der Waals surface area contributed by atoms with Crippen LogP contribution in [0, 0.1) is 0 Å². The van der Waals surface area contributed by atoms with Crippen molar-refractivity contribution in [1.29, 1.82) is 0 Å². The Kier molecular flexibility index (Phi) is 3.29. The molecule has 0 amide bonds. The zero-order chi connectivity index (χ0) is 10.7. The number of halogens is 1. The molecule has 1 heterocycles. The summed E-state index contributed by atoms with van der Waals surface area (Å²) in [5, 5.41) is 4.31. The molecule has 0 radical (unpaired) electrons. The number of rotatable bonds is 3. The quantitative estimate of drug-likeness (QED) is 0.854. The van der Waals surface area contributed by atoms with E-state index in [1.54, 1.807) is 0 Å². The van der Waals surface area contributed by atoms with Crippen molar-refractivity contribution in [3.05, 3.63) is 34.9 Å². The minimum Gasteiger partial charge on any atom is -0.379 e. The lowest BCUT2D eigenvalue weighted by Crippen LogP contribution is -2.42. The van der Waals surface area contributed by atoms with Crippen LogP contribution in [0.25, 0.3) is 0 Å². The van der Waals surface area contributed by atoms with Crippen molar-refractivity contribution in [2.45, 2.75) is 25.4 Å². The third-order valence-corrected chi connectivity index (χ3v) is 3.10. The molecule has 1 unspecified atom stereocenters. The lowest BCUT2D eigenvalue weighted by atomic mass is 10.0.